The van der Waals surface area contributed by atoms with Gasteiger partial charge in [0.05, 0.1) is 6.20 Å². The fourth-order valence-corrected chi connectivity index (χ4v) is 1.17. The molecular formula is C8H7N4O2+. The minimum Gasteiger partial charge on any atom is -0.433 e. The highest BCUT2D eigenvalue weighted by Gasteiger charge is 2.42. The van der Waals surface area contributed by atoms with Crippen LogP contribution in [0.1, 0.15) is 0 Å². The van der Waals surface area contributed by atoms with E-state index < -0.39 is 10.7 Å². The molecule has 70 valence electrons. The first-order valence-electron chi connectivity index (χ1n) is 3.87. The van der Waals surface area contributed by atoms with Gasteiger partial charge in [0.2, 0.25) is 6.34 Å². The standard InChI is InChI=1S/C8H6N4O2/c13-8(14)12(6-10-5-11-12)7-2-1-3-9-4-7/h1-6H/p+1. The third-order valence-electron chi connectivity index (χ3n) is 1.87. The van der Waals surface area contributed by atoms with Crippen LogP contribution in [-0.4, -0.2) is 28.9 Å². The molecule has 2 rings (SSSR count). The SMILES string of the molecule is O=C(O)[N+]1(c2cccnc2)C=NC=N1. The minimum absolute atomic E-state index is 0.442. The van der Waals surface area contributed by atoms with E-state index in [0.717, 1.165) is 0 Å². The average Bonchev–Trinajstić information content (AvgIpc) is 2.69. The highest BCUT2D eigenvalue weighted by atomic mass is 16.4. The smallest absolute Gasteiger partial charge is 0.433 e. The molecule has 0 radical (unpaired) electrons. The molecule has 6 heteroatoms. The molecule has 0 fully saturated rings. The summed E-state index contributed by atoms with van der Waals surface area (Å²) >= 11 is 0. The first kappa shape index (κ1) is 8.52. The minimum atomic E-state index is -1.12. The Hall–Kier alpha value is -2.08. The van der Waals surface area contributed by atoms with Crippen LogP contribution in [0.5, 0.6) is 0 Å². The fraction of sp³-hybridized carbons (Fsp3) is 0. The largest absolute Gasteiger partial charge is 0.552 e. The second-order valence-electron chi connectivity index (χ2n) is 2.67. The molecule has 1 aromatic rings. The predicted octanol–water partition coefficient (Wildman–Crippen LogP) is 1.05. The van der Waals surface area contributed by atoms with Crippen molar-refractivity contribution in [1.82, 2.24) is 9.58 Å². The maximum absolute atomic E-state index is 11.1. The molecule has 1 aliphatic heterocycles. The molecule has 1 unspecified atom stereocenters. The van der Waals surface area contributed by atoms with Crippen molar-refractivity contribution in [3.63, 3.8) is 0 Å². The molecule has 0 aromatic carbocycles. The van der Waals surface area contributed by atoms with Gasteiger partial charge in [0, 0.05) is 12.3 Å². The Morgan fingerprint density at radius 3 is 2.86 bits per heavy atom. The number of amides is 1. The molecule has 14 heavy (non-hydrogen) atoms. The quantitative estimate of drug-likeness (QED) is 0.674. The van der Waals surface area contributed by atoms with Crippen molar-refractivity contribution in [2.75, 3.05) is 0 Å². The van der Waals surface area contributed by atoms with Crippen LogP contribution in [0.4, 0.5) is 10.5 Å². The van der Waals surface area contributed by atoms with Crippen LogP contribution in [0, 0.1) is 0 Å². The lowest BCUT2D eigenvalue weighted by atomic mass is 10.4. The van der Waals surface area contributed by atoms with E-state index in [2.05, 4.69) is 15.1 Å². The molecule has 0 bridgehead atoms. The highest BCUT2D eigenvalue weighted by molar-refractivity contribution is 6.02. The highest BCUT2D eigenvalue weighted by Crippen LogP contribution is 2.22. The third-order valence-corrected chi connectivity index (χ3v) is 1.87. The van der Waals surface area contributed by atoms with Gasteiger partial charge < -0.3 is 5.11 Å². The molecule has 1 atom stereocenters. The Kier molecular flexibility index (Phi) is 1.83. The number of pyridine rings is 1. The average molecular weight is 191 g/mol. The lowest BCUT2D eigenvalue weighted by Crippen LogP contribution is -2.45. The van der Waals surface area contributed by atoms with E-state index in [1.807, 2.05) is 0 Å². The van der Waals surface area contributed by atoms with Crippen molar-refractivity contribution in [2.24, 2.45) is 10.1 Å². The van der Waals surface area contributed by atoms with Gasteiger partial charge >= 0.3 is 6.09 Å². The van der Waals surface area contributed by atoms with Gasteiger partial charge in [-0.2, -0.15) is 9.79 Å². The summed E-state index contributed by atoms with van der Waals surface area (Å²) < 4.78 is -0.673. The van der Waals surface area contributed by atoms with Crippen LogP contribution >= 0.6 is 0 Å². The zero-order chi connectivity index (χ0) is 10.0. The van der Waals surface area contributed by atoms with Gasteiger partial charge in [-0.25, -0.2) is 0 Å². The van der Waals surface area contributed by atoms with Gasteiger partial charge in [-0.15, -0.1) is 0 Å². The second kappa shape index (κ2) is 3.00. The third kappa shape index (κ3) is 1.09. The Morgan fingerprint density at radius 1 is 1.50 bits per heavy atom. The molecule has 0 saturated carbocycles. The van der Waals surface area contributed by atoms with E-state index in [9.17, 15) is 4.79 Å². The van der Waals surface area contributed by atoms with Gasteiger partial charge in [-0.3, -0.25) is 4.98 Å². The summed E-state index contributed by atoms with van der Waals surface area (Å²) in [5.41, 5.74) is 0.442. The van der Waals surface area contributed by atoms with E-state index in [0.29, 0.717) is 5.69 Å². The molecule has 1 aliphatic rings. The van der Waals surface area contributed by atoms with E-state index in [-0.39, 0.29) is 0 Å². The Balaban J connectivity index is 2.54. The number of aromatic nitrogens is 1. The normalized spacial score (nSPS) is 24.0. The monoisotopic (exact) mass is 191 g/mol. The molecule has 6 nitrogen and oxygen atoms in total. The van der Waals surface area contributed by atoms with Crippen LogP contribution in [0.25, 0.3) is 0 Å². The summed E-state index contributed by atoms with van der Waals surface area (Å²) in [7, 11) is 0. The number of quaternary nitrogens is 1. The zero-order valence-electron chi connectivity index (χ0n) is 7.11. The van der Waals surface area contributed by atoms with E-state index in [4.69, 9.17) is 5.11 Å². The van der Waals surface area contributed by atoms with Gasteiger partial charge in [-0.1, -0.05) is 0 Å². The Bertz CT molecular complexity index is 401. The van der Waals surface area contributed by atoms with Gasteiger partial charge in [-0.05, 0) is 15.8 Å². The van der Waals surface area contributed by atoms with E-state index in [1.165, 1.54) is 18.9 Å². The van der Waals surface area contributed by atoms with E-state index in [1.54, 1.807) is 18.3 Å². The Labute approximate surface area is 79.4 Å². The molecule has 0 aliphatic carbocycles. The van der Waals surface area contributed by atoms with Crippen LogP contribution in [0.3, 0.4) is 0 Å². The first-order valence-corrected chi connectivity index (χ1v) is 3.87. The topological polar surface area (TPSA) is 74.9 Å². The molecule has 0 saturated heterocycles. The second-order valence-corrected chi connectivity index (χ2v) is 2.67. The number of hydrogen-bond acceptors (Lipinski definition) is 4. The summed E-state index contributed by atoms with van der Waals surface area (Å²) in [6.07, 6.45) is 4.35. The molecule has 1 N–H and O–H groups in total. The van der Waals surface area contributed by atoms with Gasteiger partial charge in [0.1, 0.15) is 0 Å². The fourth-order valence-electron chi connectivity index (χ4n) is 1.17. The number of rotatable bonds is 1. The van der Waals surface area contributed by atoms with E-state index >= 15 is 0 Å². The Morgan fingerprint density at radius 2 is 2.36 bits per heavy atom. The summed E-state index contributed by atoms with van der Waals surface area (Å²) in [4.78, 5) is 18.6. The van der Waals surface area contributed by atoms with Crippen molar-refractivity contribution in [3.05, 3.63) is 24.5 Å². The summed E-state index contributed by atoms with van der Waals surface area (Å²) in [6.45, 7) is 0. The summed E-state index contributed by atoms with van der Waals surface area (Å²) in [5.74, 6) is 0. The van der Waals surface area contributed by atoms with Crippen LogP contribution < -0.4 is 4.59 Å². The first-order chi connectivity index (χ1) is 6.76. The van der Waals surface area contributed by atoms with Crippen molar-refractivity contribution < 1.29 is 9.90 Å². The number of carbonyl (C=O) groups is 1. The molecular weight excluding hydrogens is 184 g/mol. The molecule has 2 heterocycles. The molecule has 1 amide bonds. The van der Waals surface area contributed by atoms with Crippen molar-refractivity contribution in [1.29, 1.82) is 0 Å². The van der Waals surface area contributed by atoms with Crippen LogP contribution in [0.2, 0.25) is 0 Å². The van der Waals surface area contributed by atoms with Gasteiger partial charge in [0.15, 0.2) is 12.0 Å². The van der Waals surface area contributed by atoms with Crippen molar-refractivity contribution >= 4 is 24.5 Å². The van der Waals surface area contributed by atoms with Gasteiger partial charge in [0.25, 0.3) is 0 Å². The summed E-state index contributed by atoms with van der Waals surface area (Å²) in [5, 5.41) is 12.8. The van der Waals surface area contributed by atoms with Crippen LogP contribution in [0.15, 0.2) is 34.6 Å². The summed E-state index contributed by atoms with van der Waals surface area (Å²) in [6, 6.07) is 3.29. The predicted molar refractivity (Wildman–Crippen MR) is 51.0 cm³/mol. The number of hydrogen-bond donors (Lipinski definition) is 1. The lowest BCUT2D eigenvalue weighted by Gasteiger charge is -2.15. The molecule has 1 aromatic heterocycles. The number of carboxylic acid groups (broad SMARTS) is 1. The lowest BCUT2D eigenvalue weighted by molar-refractivity contribution is 0.172. The zero-order valence-corrected chi connectivity index (χ0v) is 7.11. The maximum atomic E-state index is 11.1. The number of aliphatic imine (C=N–C) groups is 1. The van der Waals surface area contributed by atoms with Crippen molar-refractivity contribution in [3.8, 4) is 0 Å². The maximum Gasteiger partial charge on any atom is 0.552 e. The van der Waals surface area contributed by atoms with Crippen molar-refractivity contribution in [2.45, 2.75) is 0 Å². The van der Waals surface area contributed by atoms with Crippen LogP contribution in [-0.2, 0) is 0 Å². The number of nitrogens with zero attached hydrogens (tertiary/aromatic N) is 4. The molecule has 0 spiro atoms.